The third kappa shape index (κ3) is 5.30. The number of esters is 2. The number of hydrogen-bond acceptors (Lipinski definition) is 6. The van der Waals surface area contributed by atoms with E-state index in [1.165, 1.54) is 7.11 Å². The summed E-state index contributed by atoms with van der Waals surface area (Å²) in [7, 11) is 1.32. The van der Waals surface area contributed by atoms with Gasteiger partial charge in [0.2, 0.25) is 0 Å². The summed E-state index contributed by atoms with van der Waals surface area (Å²) in [6.07, 6.45) is 0.974. The van der Waals surface area contributed by atoms with E-state index in [-0.39, 0.29) is 18.1 Å². The van der Waals surface area contributed by atoms with E-state index in [4.69, 9.17) is 9.47 Å². The lowest BCUT2D eigenvalue weighted by Gasteiger charge is -2.38. The molecule has 1 aromatic carbocycles. The molecule has 1 N–H and O–H groups in total. The minimum atomic E-state index is -1.27. The minimum absolute atomic E-state index is 0.208. The van der Waals surface area contributed by atoms with Gasteiger partial charge < -0.3 is 14.6 Å². The molecule has 1 fully saturated rings. The zero-order chi connectivity index (χ0) is 20.2. The largest absolute Gasteiger partial charge is 0.469 e. The zero-order valence-corrected chi connectivity index (χ0v) is 16.8. The summed E-state index contributed by atoms with van der Waals surface area (Å²) < 4.78 is 10.4. The molecule has 0 bridgehead atoms. The van der Waals surface area contributed by atoms with Crippen molar-refractivity contribution in [1.29, 1.82) is 0 Å². The number of benzene rings is 1. The van der Waals surface area contributed by atoms with Crippen LogP contribution in [0.25, 0.3) is 0 Å². The Hall–Kier alpha value is -1.92. The van der Waals surface area contributed by atoms with Crippen molar-refractivity contribution in [3.05, 3.63) is 35.9 Å². The number of ether oxygens (including phenoxy) is 2. The molecule has 1 aliphatic heterocycles. The zero-order valence-electron chi connectivity index (χ0n) is 16.8. The summed E-state index contributed by atoms with van der Waals surface area (Å²) in [4.78, 5) is 27.1. The van der Waals surface area contributed by atoms with Crippen molar-refractivity contribution in [2.45, 2.75) is 70.9 Å². The summed E-state index contributed by atoms with van der Waals surface area (Å²) in [6.45, 7) is 7.34. The van der Waals surface area contributed by atoms with Gasteiger partial charge in [0.1, 0.15) is 12.0 Å². The van der Waals surface area contributed by atoms with Crippen molar-refractivity contribution in [2.75, 3.05) is 7.11 Å². The van der Waals surface area contributed by atoms with E-state index in [1.807, 2.05) is 49.1 Å². The number of hydrogen-bond donors (Lipinski definition) is 1. The molecule has 6 nitrogen and oxygen atoms in total. The first-order valence-corrected chi connectivity index (χ1v) is 9.45. The number of carbonyl (C=O) groups is 2. The Morgan fingerprint density at radius 1 is 1.22 bits per heavy atom. The molecule has 0 saturated carbocycles. The summed E-state index contributed by atoms with van der Waals surface area (Å²) >= 11 is 0. The van der Waals surface area contributed by atoms with E-state index in [0.29, 0.717) is 19.4 Å². The number of carbonyl (C=O) groups excluding carboxylic acids is 2. The Balaban J connectivity index is 2.36. The Morgan fingerprint density at radius 2 is 1.85 bits per heavy atom. The van der Waals surface area contributed by atoms with Crippen LogP contribution < -0.4 is 0 Å². The van der Waals surface area contributed by atoms with Crippen LogP contribution in [0, 0.1) is 5.92 Å². The van der Waals surface area contributed by atoms with Crippen LogP contribution in [-0.2, 0) is 25.6 Å². The highest BCUT2D eigenvalue weighted by Gasteiger charge is 2.49. The van der Waals surface area contributed by atoms with Gasteiger partial charge in [-0.25, -0.2) is 0 Å². The molecule has 1 unspecified atom stereocenters. The quantitative estimate of drug-likeness (QED) is 0.736. The molecule has 0 aromatic heterocycles. The van der Waals surface area contributed by atoms with E-state index in [9.17, 15) is 14.7 Å². The van der Waals surface area contributed by atoms with E-state index in [2.05, 4.69) is 0 Å². The smallest absolute Gasteiger partial charge is 0.323 e. The fourth-order valence-corrected chi connectivity index (χ4v) is 3.88. The second-order valence-corrected chi connectivity index (χ2v) is 7.96. The fraction of sp³-hybridized carbons (Fsp3) is 0.619. The third-order valence-electron chi connectivity index (χ3n) is 5.00. The Bertz CT molecular complexity index is 638. The van der Waals surface area contributed by atoms with Crippen LogP contribution in [0.15, 0.2) is 30.3 Å². The van der Waals surface area contributed by atoms with E-state index < -0.39 is 23.5 Å². The van der Waals surface area contributed by atoms with Gasteiger partial charge in [-0.3, -0.25) is 14.5 Å². The summed E-state index contributed by atoms with van der Waals surface area (Å²) in [5, 5.41) is 10.6. The lowest BCUT2D eigenvalue weighted by atomic mass is 9.83. The molecular weight excluding hydrogens is 346 g/mol. The van der Waals surface area contributed by atoms with Gasteiger partial charge in [-0.1, -0.05) is 30.3 Å². The van der Waals surface area contributed by atoms with Gasteiger partial charge in [0.05, 0.1) is 18.8 Å². The first-order valence-electron chi connectivity index (χ1n) is 9.45. The molecule has 0 amide bonds. The van der Waals surface area contributed by atoms with E-state index in [1.54, 1.807) is 13.8 Å². The second kappa shape index (κ2) is 8.85. The highest BCUT2D eigenvalue weighted by molar-refractivity contribution is 5.78. The van der Waals surface area contributed by atoms with Gasteiger partial charge in [0.25, 0.3) is 0 Å². The van der Waals surface area contributed by atoms with Crippen molar-refractivity contribution in [3.8, 4) is 0 Å². The van der Waals surface area contributed by atoms with Gasteiger partial charge >= 0.3 is 11.9 Å². The number of likely N-dealkylation sites (tertiary alicyclic amines) is 1. The molecule has 3 atom stereocenters. The SMILES string of the molecule is COC(=O)C([C@H]1CC[C@@H](C(=O)OC(C)C)N1Cc1ccccc1)C(C)(C)O. The van der Waals surface area contributed by atoms with Crippen LogP contribution >= 0.6 is 0 Å². The van der Waals surface area contributed by atoms with Crippen LogP contribution in [0.4, 0.5) is 0 Å². The molecule has 1 heterocycles. The van der Waals surface area contributed by atoms with Gasteiger partial charge in [-0.2, -0.15) is 0 Å². The summed E-state index contributed by atoms with van der Waals surface area (Å²) in [5.41, 5.74) is -0.241. The van der Waals surface area contributed by atoms with Gasteiger partial charge in [-0.15, -0.1) is 0 Å². The molecule has 2 rings (SSSR count). The first kappa shape index (κ1) is 21.4. The monoisotopic (exact) mass is 377 g/mol. The molecule has 1 saturated heterocycles. The van der Waals surface area contributed by atoms with Crippen LogP contribution in [0.5, 0.6) is 0 Å². The average molecular weight is 377 g/mol. The molecule has 1 aliphatic rings. The average Bonchev–Trinajstić information content (AvgIpc) is 2.97. The number of nitrogens with zero attached hydrogens (tertiary/aromatic N) is 1. The highest BCUT2D eigenvalue weighted by atomic mass is 16.5. The maximum absolute atomic E-state index is 12.7. The predicted octanol–water partition coefficient (Wildman–Crippen LogP) is 2.53. The topological polar surface area (TPSA) is 76.1 Å². The van der Waals surface area contributed by atoms with Crippen molar-refractivity contribution in [2.24, 2.45) is 5.92 Å². The Morgan fingerprint density at radius 3 is 2.37 bits per heavy atom. The van der Waals surface area contributed by atoms with Crippen molar-refractivity contribution >= 4 is 11.9 Å². The van der Waals surface area contributed by atoms with Crippen LogP contribution in [0.1, 0.15) is 46.1 Å². The molecule has 150 valence electrons. The molecule has 27 heavy (non-hydrogen) atoms. The molecule has 0 spiro atoms. The number of aliphatic hydroxyl groups is 1. The number of methoxy groups -OCH3 is 1. The molecule has 6 heteroatoms. The van der Waals surface area contributed by atoms with Gasteiger partial charge in [0.15, 0.2) is 0 Å². The third-order valence-corrected chi connectivity index (χ3v) is 5.00. The number of rotatable bonds is 7. The van der Waals surface area contributed by atoms with Crippen LogP contribution in [0.3, 0.4) is 0 Å². The minimum Gasteiger partial charge on any atom is -0.469 e. The molecular formula is C21H31NO5. The normalized spacial score (nSPS) is 21.9. The fourth-order valence-electron chi connectivity index (χ4n) is 3.88. The highest BCUT2D eigenvalue weighted by Crippen LogP contribution is 2.37. The van der Waals surface area contributed by atoms with Gasteiger partial charge in [-0.05, 0) is 46.1 Å². The predicted molar refractivity (Wildman–Crippen MR) is 102 cm³/mol. The van der Waals surface area contributed by atoms with Crippen molar-refractivity contribution in [3.63, 3.8) is 0 Å². The van der Waals surface area contributed by atoms with Gasteiger partial charge in [0, 0.05) is 12.6 Å². The Kier molecular flexibility index (Phi) is 7.00. The van der Waals surface area contributed by atoms with Crippen molar-refractivity contribution < 1.29 is 24.2 Å². The molecule has 0 aliphatic carbocycles. The van der Waals surface area contributed by atoms with E-state index >= 15 is 0 Å². The summed E-state index contributed by atoms with van der Waals surface area (Å²) in [5.74, 6) is -1.52. The lowest BCUT2D eigenvalue weighted by Crippen LogP contribution is -2.52. The molecule has 0 radical (unpaired) electrons. The van der Waals surface area contributed by atoms with Crippen LogP contribution in [-0.4, -0.2) is 52.8 Å². The lowest BCUT2D eigenvalue weighted by molar-refractivity contribution is -0.162. The Labute approximate surface area is 161 Å². The maximum atomic E-state index is 12.7. The van der Waals surface area contributed by atoms with Crippen LogP contribution in [0.2, 0.25) is 0 Å². The summed E-state index contributed by atoms with van der Waals surface area (Å²) in [6, 6.07) is 9.01. The molecule has 1 aromatic rings. The maximum Gasteiger partial charge on any atom is 0.323 e. The first-order chi connectivity index (χ1) is 12.6. The van der Waals surface area contributed by atoms with Crippen molar-refractivity contribution in [1.82, 2.24) is 4.90 Å². The van der Waals surface area contributed by atoms with E-state index in [0.717, 1.165) is 5.56 Å². The standard InChI is InChI=1S/C21H31NO5/c1-14(2)27-19(23)17-12-11-16(18(20(24)26-5)21(3,4)25)22(17)13-15-9-7-6-8-10-15/h6-10,14,16-18,25H,11-13H2,1-5H3/t16-,17+,18?/m1/s1. The second-order valence-electron chi connectivity index (χ2n) is 7.96.